The van der Waals surface area contributed by atoms with Gasteiger partial charge in [0.25, 0.3) is 0 Å². The molecule has 0 heterocycles. The molecule has 3 N–H and O–H groups in total. The Morgan fingerprint density at radius 1 is 1.32 bits per heavy atom. The second kappa shape index (κ2) is 7.11. The topological polar surface area (TPSA) is 81.4 Å². The Morgan fingerprint density at radius 3 is 2.32 bits per heavy atom. The van der Waals surface area contributed by atoms with E-state index in [2.05, 4.69) is 10.1 Å². The number of carbonyl (C=O) groups excluding carboxylic acids is 2. The number of rotatable bonds is 4. The Balaban J connectivity index is 0.00000324. The average Bonchev–Trinajstić information content (AvgIpc) is 2.38. The van der Waals surface area contributed by atoms with Crippen LogP contribution < -0.4 is 11.1 Å². The molecular weight excluding hydrogens is 268 g/mol. The minimum absolute atomic E-state index is 0. The van der Waals surface area contributed by atoms with Crippen LogP contribution >= 0.6 is 12.4 Å². The van der Waals surface area contributed by atoms with Gasteiger partial charge in [-0.1, -0.05) is 30.3 Å². The number of ether oxygens (including phenoxy) is 1. The molecule has 0 aliphatic carbocycles. The molecule has 0 aliphatic rings. The van der Waals surface area contributed by atoms with E-state index in [-0.39, 0.29) is 12.4 Å². The largest absolute Gasteiger partial charge is 0.467 e. The van der Waals surface area contributed by atoms with E-state index >= 15 is 0 Å². The van der Waals surface area contributed by atoms with Gasteiger partial charge in [0, 0.05) is 0 Å². The number of hydrogen-bond acceptors (Lipinski definition) is 4. The lowest BCUT2D eigenvalue weighted by Gasteiger charge is -2.25. The number of methoxy groups -OCH3 is 1. The van der Waals surface area contributed by atoms with Crippen LogP contribution in [0, 0.1) is 0 Å². The normalized spacial score (nSPS) is 14.5. The molecule has 0 saturated carbocycles. The van der Waals surface area contributed by atoms with Crippen molar-refractivity contribution in [3.63, 3.8) is 0 Å². The van der Waals surface area contributed by atoms with Crippen LogP contribution in [0.5, 0.6) is 0 Å². The van der Waals surface area contributed by atoms with Crippen LogP contribution in [0.15, 0.2) is 30.3 Å². The van der Waals surface area contributed by atoms with E-state index in [1.165, 1.54) is 7.11 Å². The number of halogens is 1. The molecule has 0 fully saturated rings. The van der Waals surface area contributed by atoms with Crippen molar-refractivity contribution in [3.8, 4) is 0 Å². The Kier molecular flexibility index (Phi) is 6.52. The standard InChI is InChI=1S/C13H18N2O3.ClH/c1-9(11(16)18-3)15-12(17)13(2,14)10-7-5-4-6-8-10;/h4-9H,14H2,1-3H3,(H,15,17);1H/t9-,13?;/m0./s1. The van der Waals surface area contributed by atoms with E-state index in [1.807, 2.05) is 6.07 Å². The van der Waals surface area contributed by atoms with Crippen molar-refractivity contribution in [2.75, 3.05) is 7.11 Å². The first kappa shape index (κ1) is 17.4. The molecule has 1 rings (SSSR count). The number of nitrogens with one attached hydrogen (secondary N) is 1. The number of esters is 1. The van der Waals surface area contributed by atoms with Crippen molar-refractivity contribution in [1.29, 1.82) is 0 Å². The molecular formula is C13H19ClN2O3. The maximum Gasteiger partial charge on any atom is 0.328 e. The van der Waals surface area contributed by atoms with E-state index in [0.29, 0.717) is 5.56 Å². The van der Waals surface area contributed by atoms with Gasteiger partial charge in [0.2, 0.25) is 5.91 Å². The van der Waals surface area contributed by atoms with Crippen molar-refractivity contribution in [2.45, 2.75) is 25.4 Å². The molecule has 1 amide bonds. The lowest BCUT2D eigenvalue weighted by molar-refractivity contribution is -0.145. The zero-order chi connectivity index (χ0) is 13.8. The smallest absolute Gasteiger partial charge is 0.328 e. The molecule has 0 bridgehead atoms. The van der Waals surface area contributed by atoms with Crippen LogP contribution in [-0.2, 0) is 19.9 Å². The summed E-state index contributed by atoms with van der Waals surface area (Å²) in [6, 6.07) is 8.25. The molecule has 1 aromatic carbocycles. The van der Waals surface area contributed by atoms with Crippen molar-refractivity contribution in [1.82, 2.24) is 5.32 Å². The molecule has 0 radical (unpaired) electrons. The molecule has 0 saturated heterocycles. The molecule has 106 valence electrons. The molecule has 2 atom stereocenters. The minimum atomic E-state index is -1.19. The van der Waals surface area contributed by atoms with Gasteiger partial charge in [0.05, 0.1) is 7.11 Å². The first-order valence-corrected chi connectivity index (χ1v) is 5.62. The van der Waals surface area contributed by atoms with Gasteiger partial charge in [-0.2, -0.15) is 0 Å². The highest BCUT2D eigenvalue weighted by molar-refractivity contribution is 5.90. The summed E-state index contributed by atoms with van der Waals surface area (Å²) in [6.07, 6.45) is 0. The first-order valence-electron chi connectivity index (χ1n) is 5.62. The predicted octanol–water partition coefficient (Wildman–Crippen LogP) is 0.960. The van der Waals surface area contributed by atoms with Gasteiger partial charge < -0.3 is 15.8 Å². The van der Waals surface area contributed by atoms with E-state index in [1.54, 1.807) is 38.1 Å². The third-order valence-corrected chi connectivity index (χ3v) is 2.75. The van der Waals surface area contributed by atoms with Gasteiger partial charge >= 0.3 is 5.97 Å². The molecule has 19 heavy (non-hydrogen) atoms. The van der Waals surface area contributed by atoms with Crippen molar-refractivity contribution in [2.24, 2.45) is 5.73 Å². The summed E-state index contributed by atoms with van der Waals surface area (Å²) in [5.74, 6) is -0.932. The lowest BCUT2D eigenvalue weighted by atomic mass is 9.92. The highest BCUT2D eigenvalue weighted by Crippen LogP contribution is 2.17. The fraction of sp³-hybridized carbons (Fsp3) is 0.385. The number of hydrogen-bond donors (Lipinski definition) is 2. The fourth-order valence-electron chi connectivity index (χ4n) is 1.50. The summed E-state index contributed by atoms with van der Waals surface area (Å²) in [5.41, 5.74) is 5.50. The van der Waals surface area contributed by atoms with Crippen LogP contribution in [-0.4, -0.2) is 25.0 Å². The van der Waals surface area contributed by atoms with E-state index in [4.69, 9.17) is 5.73 Å². The van der Waals surface area contributed by atoms with Gasteiger partial charge in [-0.3, -0.25) is 4.79 Å². The summed E-state index contributed by atoms with van der Waals surface area (Å²) in [7, 11) is 1.27. The minimum Gasteiger partial charge on any atom is -0.467 e. The molecule has 0 aromatic heterocycles. The van der Waals surface area contributed by atoms with Crippen LogP contribution in [0.25, 0.3) is 0 Å². The summed E-state index contributed by atoms with van der Waals surface area (Å²) in [6.45, 7) is 3.15. The third kappa shape index (κ3) is 4.22. The van der Waals surface area contributed by atoms with E-state index in [0.717, 1.165) is 0 Å². The summed E-state index contributed by atoms with van der Waals surface area (Å²) in [4.78, 5) is 23.3. The van der Waals surface area contributed by atoms with Gasteiger partial charge in [-0.25, -0.2) is 4.79 Å². The molecule has 0 aliphatic heterocycles. The van der Waals surface area contributed by atoms with Crippen LogP contribution in [0.1, 0.15) is 19.4 Å². The van der Waals surface area contributed by atoms with Crippen molar-refractivity contribution >= 4 is 24.3 Å². The summed E-state index contributed by atoms with van der Waals surface area (Å²) >= 11 is 0. The quantitative estimate of drug-likeness (QED) is 0.808. The number of carbonyl (C=O) groups is 2. The predicted molar refractivity (Wildman–Crippen MR) is 74.9 cm³/mol. The number of benzene rings is 1. The summed E-state index contributed by atoms with van der Waals surface area (Å²) < 4.78 is 4.54. The van der Waals surface area contributed by atoms with E-state index in [9.17, 15) is 9.59 Å². The van der Waals surface area contributed by atoms with E-state index < -0.39 is 23.5 Å². The van der Waals surface area contributed by atoms with Gasteiger partial charge in [-0.15, -0.1) is 12.4 Å². The van der Waals surface area contributed by atoms with Gasteiger partial charge in [0.1, 0.15) is 11.6 Å². The molecule has 5 nitrogen and oxygen atoms in total. The van der Waals surface area contributed by atoms with Crippen LogP contribution in [0.3, 0.4) is 0 Å². The monoisotopic (exact) mass is 286 g/mol. The number of nitrogens with two attached hydrogens (primary N) is 1. The summed E-state index contributed by atoms with van der Waals surface area (Å²) in [5, 5.41) is 2.53. The Hall–Kier alpha value is -1.59. The molecule has 1 aromatic rings. The highest BCUT2D eigenvalue weighted by Gasteiger charge is 2.32. The number of amides is 1. The highest BCUT2D eigenvalue weighted by atomic mass is 35.5. The van der Waals surface area contributed by atoms with Gasteiger partial charge in [-0.05, 0) is 19.4 Å². The molecule has 1 unspecified atom stereocenters. The first-order chi connectivity index (χ1) is 8.39. The molecule has 6 heteroatoms. The third-order valence-electron chi connectivity index (χ3n) is 2.75. The van der Waals surface area contributed by atoms with Crippen LogP contribution in [0.2, 0.25) is 0 Å². The Bertz CT molecular complexity index is 435. The van der Waals surface area contributed by atoms with Crippen LogP contribution in [0.4, 0.5) is 0 Å². The lowest BCUT2D eigenvalue weighted by Crippen LogP contribution is -2.53. The maximum absolute atomic E-state index is 12.1. The Morgan fingerprint density at radius 2 is 1.84 bits per heavy atom. The second-order valence-corrected chi connectivity index (χ2v) is 4.29. The zero-order valence-corrected chi connectivity index (χ0v) is 12.0. The molecule has 0 spiro atoms. The zero-order valence-electron chi connectivity index (χ0n) is 11.2. The van der Waals surface area contributed by atoms with Gasteiger partial charge in [0.15, 0.2) is 0 Å². The van der Waals surface area contributed by atoms with Crippen molar-refractivity contribution in [3.05, 3.63) is 35.9 Å². The second-order valence-electron chi connectivity index (χ2n) is 4.29. The fourth-order valence-corrected chi connectivity index (χ4v) is 1.50. The Labute approximate surface area is 118 Å². The maximum atomic E-state index is 12.1. The SMILES string of the molecule is COC(=O)[C@H](C)NC(=O)C(C)(N)c1ccccc1.Cl. The van der Waals surface area contributed by atoms with Crippen molar-refractivity contribution < 1.29 is 14.3 Å². The average molecular weight is 287 g/mol.